The number of aliphatic hydroxyl groups is 1. The lowest BCUT2D eigenvalue weighted by atomic mass is 9.92. The molecule has 88 valence electrons. The van der Waals surface area contributed by atoms with Crippen LogP contribution in [0.1, 0.15) is 31.2 Å². The summed E-state index contributed by atoms with van der Waals surface area (Å²) in [6.45, 7) is 2.08. The van der Waals surface area contributed by atoms with E-state index in [0.717, 1.165) is 29.4 Å². The SMILES string of the molecule is Cc1cccc(NC2CCCCC2O)c1Br. The molecule has 2 unspecified atom stereocenters. The molecule has 2 atom stereocenters. The summed E-state index contributed by atoms with van der Waals surface area (Å²) in [7, 11) is 0. The molecule has 1 aliphatic rings. The fourth-order valence-corrected chi connectivity index (χ4v) is 2.62. The number of rotatable bonds is 2. The van der Waals surface area contributed by atoms with Crippen molar-refractivity contribution in [3.05, 3.63) is 28.2 Å². The summed E-state index contributed by atoms with van der Waals surface area (Å²) in [4.78, 5) is 0. The highest BCUT2D eigenvalue weighted by Gasteiger charge is 2.23. The monoisotopic (exact) mass is 283 g/mol. The predicted molar refractivity (Wildman–Crippen MR) is 70.8 cm³/mol. The standard InChI is InChI=1S/C13H18BrNO/c1-9-5-4-7-11(13(9)14)15-10-6-2-3-8-12(10)16/h4-5,7,10,12,15-16H,2-3,6,8H2,1H3. The van der Waals surface area contributed by atoms with E-state index < -0.39 is 0 Å². The summed E-state index contributed by atoms with van der Waals surface area (Å²) in [5.74, 6) is 0. The van der Waals surface area contributed by atoms with E-state index in [1.54, 1.807) is 0 Å². The third-order valence-corrected chi connectivity index (χ3v) is 4.31. The van der Waals surface area contributed by atoms with E-state index in [4.69, 9.17) is 0 Å². The third kappa shape index (κ3) is 2.58. The number of benzene rings is 1. The summed E-state index contributed by atoms with van der Waals surface area (Å²) in [5.41, 5.74) is 2.31. The highest BCUT2D eigenvalue weighted by atomic mass is 79.9. The Bertz CT molecular complexity index is 367. The lowest BCUT2D eigenvalue weighted by Crippen LogP contribution is -2.36. The largest absolute Gasteiger partial charge is 0.391 e. The number of nitrogens with one attached hydrogen (secondary N) is 1. The van der Waals surface area contributed by atoms with Gasteiger partial charge in [0.2, 0.25) is 0 Å². The Morgan fingerprint density at radius 1 is 1.31 bits per heavy atom. The van der Waals surface area contributed by atoms with E-state index in [-0.39, 0.29) is 12.1 Å². The Labute approximate surface area is 105 Å². The first-order valence-electron chi connectivity index (χ1n) is 5.88. The van der Waals surface area contributed by atoms with E-state index in [9.17, 15) is 5.11 Å². The molecule has 0 spiro atoms. The van der Waals surface area contributed by atoms with Crippen LogP contribution in [0.3, 0.4) is 0 Å². The fourth-order valence-electron chi connectivity index (χ4n) is 2.24. The normalized spacial score (nSPS) is 25.4. The van der Waals surface area contributed by atoms with Crippen LogP contribution >= 0.6 is 15.9 Å². The van der Waals surface area contributed by atoms with Gasteiger partial charge in [-0.1, -0.05) is 25.0 Å². The molecule has 0 bridgehead atoms. The van der Waals surface area contributed by atoms with Gasteiger partial charge in [-0.25, -0.2) is 0 Å². The number of halogens is 1. The van der Waals surface area contributed by atoms with Crippen LogP contribution in [-0.4, -0.2) is 17.3 Å². The van der Waals surface area contributed by atoms with Crippen molar-refractivity contribution in [2.75, 3.05) is 5.32 Å². The molecule has 0 amide bonds. The van der Waals surface area contributed by atoms with Crippen molar-refractivity contribution in [1.82, 2.24) is 0 Å². The number of aryl methyl sites for hydroxylation is 1. The van der Waals surface area contributed by atoms with Crippen LogP contribution in [0.5, 0.6) is 0 Å². The van der Waals surface area contributed by atoms with Gasteiger partial charge in [0, 0.05) is 10.2 Å². The smallest absolute Gasteiger partial charge is 0.0741 e. The number of hydrogen-bond donors (Lipinski definition) is 2. The molecule has 3 heteroatoms. The van der Waals surface area contributed by atoms with E-state index in [1.807, 2.05) is 6.07 Å². The minimum Gasteiger partial charge on any atom is -0.391 e. The quantitative estimate of drug-likeness (QED) is 0.871. The number of anilines is 1. The minimum absolute atomic E-state index is 0.201. The van der Waals surface area contributed by atoms with E-state index in [0.29, 0.717) is 0 Å². The number of hydrogen-bond acceptors (Lipinski definition) is 2. The maximum absolute atomic E-state index is 9.91. The van der Waals surface area contributed by atoms with Crippen LogP contribution in [0.25, 0.3) is 0 Å². The van der Waals surface area contributed by atoms with Gasteiger partial charge in [-0.2, -0.15) is 0 Å². The van der Waals surface area contributed by atoms with Gasteiger partial charge in [-0.15, -0.1) is 0 Å². The van der Waals surface area contributed by atoms with Gasteiger partial charge in [0.05, 0.1) is 12.1 Å². The van der Waals surface area contributed by atoms with Crippen molar-refractivity contribution in [1.29, 1.82) is 0 Å². The Hall–Kier alpha value is -0.540. The van der Waals surface area contributed by atoms with Crippen LogP contribution in [0.15, 0.2) is 22.7 Å². The summed E-state index contributed by atoms with van der Waals surface area (Å²) in [6, 6.07) is 6.37. The van der Waals surface area contributed by atoms with Crippen LogP contribution < -0.4 is 5.32 Å². The predicted octanol–water partition coefficient (Wildman–Crippen LogP) is 3.47. The molecule has 2 nitrogen and oxygen atoms in total. The first-order valence-corrected chi connectivity index (χ1v) is 6.67. The summed E-state index contributed by atoms with van der Waals surface area (Å²) >= 11 is 3.58. The summed E-state index contributed by atoms with van der Waals surface area (Å²) in [6.07, 6.45) is 4.12. The molecule has 1 aromatic carbocycles. The van der Waals surface area contributed by atoms with Gasteiger partial charge < -0.3 is 10.4 Å². The van der Waals surface area contributed by atoms with E-state index in [2.05, 4.69) is 40.3 Å². The molecular formula is C13H18BrNO. The molecule has 0 aromatic heterocycles. The second kappa shape index (κ2) is 5.19. The molecule has 2 rings (SSSR count). The fraction of sp³-hybridized carbons (Fsp3) is 0.538. The Morgan fingerprint density at radius 3 is 2.81 bits per heavy atom. The molecule has 16 heavy (non-hydrogen) atoms. The van der Waals surface area contributed by atoms with Crippen LogP contribution in [0.4, 0.5) is 5.69 Å². The minimum atomic E-state index is -0.207. The lowest BCUT2D eigenvalue weighted by molar-refractivity contribution is 0.116. The second-order valence-corrected chi connectivity index (χ2v) is 5.33. The van der Waals surface area contributed by atoms with Crippen LogP contribution in [0, 0.1) is 6.92 Å². The van der Waals surface area contributed by atoms with Crippen molar-refractivity contribution in [3.8, 4) is 0 Å². The molecular weight excluding hydrogens is 266 g/mol. The van der Waals surface area contributed by atoms with Crippen molar-refractivity contribution in [2.45, 2.75) is 44.8 Å². The van der Waals surface area contributed by atoms with Crippen LogP contribution in [0.2, 0.25) is 0 Å². The molecule has 2 N–H and O–H groups in total. The molecule has 1 aliphatic carbocycles. The molecule has 0 heterocycles. The maximum Gasteiger partial charge on any atom is 0.0741 e. The molecule has 1 aromatic rings. The third-order valence-electron chi connectivity index (χ3n) is 3.26. The van der Waals surface area contributed by atoms with Crippen molar-refractivity contribution in [3.63, 3.8) is 0 Å². The first kappa shape index (κ1) is 11.9. The Kier molecular flexibility index (Phi) is 3.87. The Morgan fingerprint density at radius 2 is 2.06 bits per heavy atom. The molecule has 0 saturated heterocycles. The second-order valence-electron chi connectivity index (χ2n) is 4.54. The average Bonchev–Trinajstić information content (AvgIpc) is 2.28. The highest BCUT2D eigenvalue weighted by Crippen LogP contribution is 2.29. The van der Waals surface area contributed by atoms with Gasteiger partial charge in [0.1, 0.15) is 0 Å². The average molecular weight is 284 g/mol. The van der Waals surface area contributed by atoms with Gasteiger partial charge in [0.25, 0.3) is 0 Å². The summed E-state index contributed by atoms with van der Waals surface area (Å²) in [5, 5.41) is 13.4. The topological polar surface area (TPSA) is 32.3 Å². The zero-order valence-electron chi connectivity index (χ0n) is 9.54. The number of aliphatic hydroxyl groups excluding tert-OH is 1. The van der Waals surface area contributed by atoms with E-state index in [1.165, 1.54) is 12.0 Å². The van der Waals surface area contributed by atoms with Gasteiger partial charge in [-0.3, -0.25) is 0 Å². The lowest BCUT2D eigenvalue weighted by Gasteiger charge is -2.29. The van der Waals surface area contributed by atoms with Gasteiger partial charge in [-0.05, 0) is 47.3 Å². The molecule has 1 fully saturated rings. The van der Waals surface area contributed by atoms with E-state index >= 15 is 0 Å². The highest BCUT2D eigenvalue weighted by molar-refractivity contribution is 9.10. The first-order chi connectivity index (χ1) is 7.68. The van der Waals surface area contributed by atoms with Crippen LogP contribution in [-0.2, 0) is 0 Å². The zero-order valence-corrected chi connectivity index (χ0v) is 11.1. The van der Waals surface area contributed by atoms with Crippen molar-refractivity contribution < 1.29 is 5.11 Å². The molecule has 0 aliphatic heterocycles. The molecule has 1 saturated carbocycles. The van der Waals surface area contributed by atoms with Gasteiger partial charge >= 0.3 is 0 Å². The van der Waals surface area contributed by atoms with Crippen molar-refractivity contribution in [2.24, 2.45) is 0 Å². The van der Waals surface area contributed by atoms with Crippen molar-refractivity contribution >= 4 is 21.6 Å². The maximum atomic E-state index is 9.91. The van der Waals surface area contributed by atoms with Gasteiger partial charge in [0.15, 0.2) is 0 Å². The zero-order chi connectivity index (χ0) is 11.5. The Balaban J connectivity index is 2.10. The summed E-state index contributed by atoms with van der Waals surface area (Å²) < 4.78 is 1.10. The molecule has 0 radical (unpaired) electrons.